The quantitative estimate of drug-likeness (QED) is 0.243. The normalized spacial score (nSPS) is 11.4. The van der Waals surface area contributed by atoms with E-state index in [2.05, 4.69) is 5.32 Å². The van der Waals surface area contributed by atoms with Crippen molar-refractivity contribution in [1.29, 1.82) is 0 Å². The highest BCUT2D eigenvalue weighted by Gasteiger charge is 2.16. The van der Waals surface area contributed by atoms with Crippen LogP contribution >= 0.6 is 0 Å². The number of aromatic hydroxyl groups is 4. The van der Waals surface area contributed by atoms with Crippen LogP contribution in [0.15, 0.2) is 75.9 Å². The number of hydrogen-bond acceptors (Lipinski definition) is 8. The first-order valence-electron chi connectivity index (χ1n) is 10.2. The van der Waals surface area contributed by atoms with E-state index in [4.69, 9.17) is 14.6 Å². The number of carboxylic acid groups (broad SMARTS) is 1. The van der Waals surface area contributed by atoms with Gasteiger partial charge in [-0.05, 0) is 55.4 Å². The minimum Gasteiger partial charge on any atom is -0.504 e. The number of nitrogens with one attached hydrogen (secondary N) is 1. The van der Waals surface area contributed by atoms with Gasteiger partial charge in [-0.3, -0.25) is 9.59 Å². The van der Waals surface area contributed by atoms with Gasteiger partial charge in [-0.2, -0.15) is 0 Å². The van der Waals surface area contributed by atoms with Crippen molar-refractivity contribution in [3.8, 4) is 34.3 Å². The monoisotopic (exact) mass is 465 g/mol. The second-order valence-corrected chi connectivity index (χ2v) is 7.35. The third kappa shape index (κ3) is 5.45. The van der Waals surface area contributed by atoms with E-state index in [1.807, 2.05) is 0 Å². The summed E-state index contributed by atoms with van der Waals surface area (Å²) in [6.07, 6.45) is 0.250. The Kier molecular flexibility index (Phi) is 7.39. The van der Waals surface area contributed by atoms with Gasteiger partial charge in [0.05, 0.1) is 10.9 Å². The summed E-state index contributed by atoms with van der Waals surface area (Å²) in [6.45, 7) is 0. The molecule has 4 rings (SSSR count). The predicted molar refractivity (Wildman–Crippen MR) is 125 cm³/mol. The molecular formula is C25H23NO8. The molecule has 0 saturated carbocycles. The number of phenolic OH excluding ortho intramolecular Hbond substituents is 4. The topological polar surface area (TPSA) is 160 Å². The van der Waals surface area contributed by atoms with Crippen LogP contribution in [-0.2, 0) is 11.2 Å². The van der Waals surface area contributed by atoms with Crippen molar-refractivity contribution in [2.45, 2.75) is 12.5 Å². The average molecular weight is 465 g/mol. The zero-order chi connectivity index (χ0) is 24.8. The Morgan fingerprint density at radius 1 is 0.912 bits per heavy atom. The van der Waals surface area contributed by atoms with Crippen LogP contribution in [0.5, 0.6) is 23.0 Å². The van der Waals surface area contributed by atoms with Crippen molar-refractivity contribution in [3.05, 3.63) is 82.5 Å². The first kappa shape index (κ1) is 24.1. The molecule has 0 aliphatic heterocycles. The van der Waals surface area contributed by atoms with E-state index < -0.39 is 12.0 Å². The van der Waals surface area contributed by atoms with Crippen LogP contribution in [0.4, 0.5) is 0 Å². The molecule has 0 fully saturated rings. The molecule has 0 amide bonds. The predicted octanol–water partition coefficient (Wildman–Crippen LogP) is 3.18. The van der Waals surface area contributed by atoms with Crippen LogP contribution in [0.1, 0.15) is 5.56 Å². The summed E-state index contributed by atoms with van der Waals surface area (Å²) >= 11 is 0. The van der Waals surface area contributed by atoms with Crippen molar-refractivity contribution in [3.63, 3.8) is 0 Å². The van der Waals surface area contributed by atoms with Crippen molar-refractivity contribution >= 4 is 16.9 Å². The number of rotatable bonds is 5. The van der Waals surface area contributed by atoms with Gasteiger partial charge in [-0.15, -0.1) is 0 Å². The van der Waals surface area contributed by atoms with Crippen LogP contribution in [0.25, 0.3) is 22.3 Å². The highest BCUT2D eigenvalue weighted by molar-refractivity contribution is 5.80. The molecule has 0 aliphatic carbocycles. The minimum atomic E-state index is -0.954. The van der Waals surface area contributed by atoms with Gasteiger partial charge in [0.15, 0.2) is 28.4 Å². The summed E-state index contributed by atoms with van der Waals surface area (Å²) in [5.74, 6) is -1.75. The highest BCUT2D eigenvalue weighted by atomic mass is 16.4. The lowest BCUT2D eigenvalue weighted by atomic mass is 10.1. The van der Waals surface area contributed by atoms with Crippen molar-refractivity contribution in [2.24, 2.45) is 0 Å². The first-order valence-corrected chi connectivity index (χ1v) is 10.2. The van der Waals surface area contributed by atoms with Gasteiger partial charge in [0, 0.05) is 6.07 Å². The Balaban J connectivity index is 0.000000197. The fraction of sp³-hybridized carbons (Fsp3) is 0.120. The van der Waals surface area contributed by atoms with E-state index in [1.165, 1.54) is 24.3 Å². The van der Waals surface area contributed by atoms with Crippen molar-refractivity contribution < 1.29 is 34.7 Å². The Labute approximate surface area is 193 Å². The Bertz CT molecular complexity index is 1380. The highest BCUT2D eigenvalue weighted by Crippen LogP contribution is 2.36. The van der Waals surface area contributed by atoms with Gasteiger partial charge >= 0.3 is 5.97 Å². The van der Waals surface area contributed by atoms with E-state index in [-0.39, 0.29) is 46.2 Å². The molecule has 1 aromatic heterocycles. The van der Waals surface area contributed by atoms with E-state index in [0.29, 0.717) is 16.5 Å². The maximum Gasteiger partial charge on any atom is 0.321 e. The van der Waals surface area contributed by atoms with E-state index >= 15 is 0 Å². The SMILES string of the molecule is CN[C@@H](Cc1ccc(O)c(O)c1)C(=O)O.O=c1cc(-c2cccc(O)c2O)oc2ccccc12. The first-order chi connectivity index (χ1) is 16.2. The van der Waals surface area contributed by atoms with Crippen LogP contribution in [-0.4, -0.2) is 44.6 Å². The molecule has 176 valence electrons. The van der Waals surface area contributed by atoms with Gasteiger partial charge in [-0.1, -0.05) is 24.3 Å². The Morgan fingerprint density at radius 2 is 1.65 bits per heavy atom. The third-order valence-electron chi connectivity index (χ3n) is 5.04. The number of carboxylic acids is 1. The van der Waals surface area contributed by atoms with Crippen LogP contribution in [0.2, 0.25) is 0 Å². The molecule has 0 saturated heterocycles. The molecule has 0 bridgehead atoms. The zero-order valence-electron chi connectivity index (χ0n) is 18.1. The van der Waals surface area contributed by atoms with E-state index in [9.17, 15) is 24.9 Å². The molecule has 0 radical (unpaired) electrons. The van der Waals surface area contributed by atoms with Crippen LogP contribution in [0.3, 0.4) is 0 Å². The molecule has 0 unspecified atom stereocenters. The van der Waals surface area contributed by atoms with Crippen molar-refractivity contribution in [2.75, 3.05) is 7.05 Å². The summed E-state index contributed by atoms with van der Waals surface area (Å²) in [7, 11) is 1.55. The Morgan fingerprint density at radius 3 is 2.32 bits per heavy atom. The number of carbonyl (C=O) groups is 1. The van der Waals surface area contributed by atoms with Gasteiger partial charge in [0.1, 0.15) is 17.4 Å². The number of aliphatic carboxylic acids is 1. The molecule has 1 atom stereocenters. The largest absolute Gasteiger partial charge is 0.504 e. The van der Waals surface area contributed by atoms with Crippen LogP contribution < -0.4 is 10.7 Å². The number of likely N-dealkylation sites (N-methyl/N-ethyl adjacent to an activating group) is 1. The van der Waals surface area contributed by atoms with Crippen LogP contribution in [0, 0.1) is 0 Å². The lowest BCUT2D eigenvalue weighted by molar-refractivity contribution is -0.139. The van der Waals surface area contributed by atoms with Gasteiger partial charge in [0.25, 0.3) is 0 Å². The zero-order valence-corrected chi connectivity index (χ0v) is 18.1. The second-order valence-electron chi connectivity index (χ2n) is 7.35. The summed E-state index contributed by atoms with van der Waals surface area (Å²) in [5, 5.41) is 49.4. The maximum absolute atomic E-state index is 12.0. The van der Waals surface area contributed by atoms with Gasteiger partial charge in [-0.25, -0.2) is 0 Å². The molecule has 4 aromatic rings. The fourth-order valence-electron chi connectivity index (χ4n) is 3.21. The van der Waals surface area contributed by atoms with E-state index in [1.54, 1.807) is 49.5 Å². The second kappa shape index (κ2) is 10.4. The molecule has 9 heteroatoms. The van der Waals surface area contributed by atoms with Crippen molar-refractivity contribution in [1.82, 2.24) is 5.32 Å². The molecule has 9 nitrogen and oxygen atoms in total. The molecule has 0 aliphatic rings. The summed E-state index contributed by atoms with van der Waals surface area (Å²) in [4.78, 5) is 22.7. The number of benzene rings is 3. The lowest BCUT2D eigenvalue weighted by Gasteiger charge is -2.11. The number of hydrogen-bond donors (Lipinski definition) is 6. The molecular weight excluding hydrogens is 442 g/mol. The third-order valence-corrected chi connectivity index (χ3v) is 5.04. The maximum atomic E-state index is 12.0. The molecule has 1 heterocycles. The number of phenols is 4. The molecule has 3 aromatic carbocycles. The summed E-state index contributed by atoms with van der Waals surface area (Å²) < 4.78 is 5.59. The Hall–Kier alpha value is -4.50. The summed E-state index contributed by atoms with van der Waals surface area (Å²) in [6, 6.07) is 16.2. The van der Waals surface area contributed by atoms with E-state index in [0.717, 1.165) is 0 Å². The average Bonchev–Trinajstić information content (AvgIpc) is 2.81. The fourth-order valence-corrected chi connectivity index (χ4v) is 3.21. The minimum absolute atomic E-state index is 0.195. The number of fused-ring (bicyclic) bond motifs is 1. The number of para-hydroxylation sites is 2. The van der Waals surface area contributed by atoms with Gasteiger partial charge in [0.2, 0.25) is 0 Å². The standard InChI is InChI=1S/C15H10O4.C10H13NO4/c16-11-6-3-5-10(15(11)18)14-8-12(17)9-4-1-2-7-13(9)19-14;1-11-7(10(14)15)4-6-2-3-8(12)9(13)5-6/h1-8,16,18H;2-3,5,7,11-13H,4H2,1H3,(H,14,15)/t;7-/m.0/s1. The molecule has 34 heavy (non-hydrogen) atoms. The molecule has 0 spiro atoms. The molecule has 6 N–H and O–H groups in total. The smallest absolute Gasteiger partial charge is 0.321 e. The van der Waals surface area contributed by atoms with Gasteiger partial charge < -0.3 is 35.3 Å². The summed E-state index contributed by atoms with van der Waals surface area (Å²) in [5.41, 5.74) is 1.17. The lowest BCUT2D eigenvalue weighted by Crippen LogP contribution is -2.35.